The third-order valence-electron chi connectivity index (χ3n) is 14.4. The van der Waals surface area contributed by atoms with Gasteiger partial charge in [0.05, 0.1) is 11.4 Å². The Morgan fingerprint density at radius 3 is 1.47 bits per heavy atom. The second-order valence-corrected chi connectivity index (χ2v) is 17.6. The van der Waals surface area contributed by atoms with Gasteiger partial charge in [0.25, 0.3) is 0 Å². The normalized spacial score (nSPS) is 18.1. The van der Waals surface area contributed by atoms with E-state index in [4.69, 9.17) is 0 Å². The van der Waals surface area contributed by atoms with Crippen LogP contribution < -0.4 is 4.90 Å². The number of hydrogen-bond acceptors (Lipinski definition) is 1. The molecule has 0 aromatic heterocycles. The Balaban J connectivity index is 1.08. The van der Waals surface area contributed by atoms with Crippen LogP contribution in [0.15, 0.2) is 224 Å². The third kappa shape index (κ3) is 5.91. The van der Waals surface area contributed by atoms with Crippen molar-refractivity contribution in [2.45, 2.75) is 31.1 Å². The van der Waals surface area contributed by atoms with E-state index < -0.39 is 0 Å². The molecule has 0 aliphatic heterocycles. The van der Waals surface area contributed by atoms with E-state index in [1.165, 1.54) is 104 Å². The number of anilines is 3. The van der Waals surface area contributed by atoms with Gasteiger partial charge in [-0.3, -0.25) is 0 Å². The summed E-state index contributed by atoms with van der Waals surface area (Å²) in [5.74, 6) is 1.48. The number of para-hydroxylation sites is 2. The maximum atomic E-state index is 2.60. The molecule has 2 fully saturated rings. The van der Waals surface area contributed by atoms with E-state index in [9.17, 15) is 0 Å². The first-order valence-electron chi connectivity index (χ1n) is 22.4. The molecule has 3 aliphatic rings. The second kappa shape index (κ2) is 15.0. The van der Waals surface area contributed by atoms with Crippen molar-refractivity contribution in [3.63, 3.8) is 0 Å². The van der Waals surface area contributed by atoms with Crippen molar-refractivity contribution in [2.75, 3.05) is 4.90 Å². The molecule has 62 heavy (non-hydrogen) atoms. The molecule has 0 N–H and O–H groups in total. The van der Waals surface area contributed by atoms with E-state index in [0.29, 0.717) is 5.92 Å². The number of rotatable bonds is 8. The van der Waals surface area contributed by atoms with Crippen molar-refractivity contribution in [2.24, 2.45) is 11.8 Å². The van der Waals surface area contributed by atoms with Gasteiger partial charge in [-0.05, 0) is 122 Å². The van der Waals surface area contributed by atoms with Crippen molar-refractivity contribution < 1.29 is 0 Å². The predicted octanol–water partition coefficient (Wildman–Crippen LogP) is 16.6. The fraction of sp³-hybridized carbons (Fsp3) is 0.115. The number of hydrogen-bond donors (Lipinski definition) is 0. The van der Waals surface area contributed by atoms with Crippen LogP contribution in [0.25, 0.3) is 66.8 Å². The molecule has 0 amide bonds. The average Bonchev–Trinajstić information content (AvgIpc) is 4.05. The van der Waals surface area contributed by atoms with Crippen LogP contribution in [-0.2, 0) is 5.41 Å². The van der Waals surface area contributed by atoms with Gasteiger partial charge in [-0.25, -0.2) is 0 Å². The van der Waals surface area contributed by atoms with Crippen LogP contribution in [0.1, 0.15) is 36.8 Å². The van der Waals surface area contributed by atoms with Gasteiger partial charge >= 0.3 is 0 Å². The lowest BCUT2D eigenvalue weighted by atomic mass is 9.67. The lowest BCUT2D eigenvalue weighted by Crippen LogP contribution is -2.32. The molecule has 2 bridgehead atoms. The van der Waals surface area contributed by atoms with E-state index in [1.807, 2.05) is 0 Å². The van der Waals surface area contributed by atoms with Gasteiger partial charge < -0.3 is 4.90 Å². The minimum absolute atomic E-state index is 0.0660. The zero-order chi connectivity index (χ0) is 41.0. The molecule has 0 radical (unpaired) electrons. The highest BCUT2D eigenvalue weighted by Gasteiger charge is 2.56. The number of benzene rings is 9. The van der Waals surface area contributed by atoms with Crippen LogP contribution in [0.4, 0.5) is 17.1 Å². The SMILES string of the molecule is c1ccc(-c2ccc(-c3ccccc3N(c3ccc4c(c3)C3(CC5CCC3C5)c3ccccc3-4)c3ccccc3-c3ccccc3-c3ccccc3-c3ccccc3)cc2)cc1. The van der Waals surface area contributed by atoms with Crippen LogP contribution in [0.3, 0.4) is 0 Å². The van der Waals surface area contributed by atoms with Crippen molar-refractivity contribution in [1.82, 2.24) is 0 Å². The summed E-state index contributed by atoms with van der Waals surface area (Å²) in [7, 11) is 0. The van der Waals surface area contributed by atoms with Crippen LogP contribution >= 0.6 is 0 Å². The lowest BCUT2D eigenvalue weighted by molar-refractivity contribution is 0.327. The molecule has 0 saturated heterocycles. The van der Waals surface area contributed by atoms with Crippen LogP contribution in [0.5, 0.6) is 0 Å². The zero-order valence-electron chi connectivity index (χ0n) is 34.8. The van der Waals surface area contributed by atoms with Crippen LogP contribution in [0, 0.1) is 11.8 Å². The molecule has 3 unspecified atom stereocenters. The first-order chi connectivity index (χ1) is 30.7. The first-order valence-corrected chi connectivity index (χ1v) is 22.4. The van der Waals surface area contributed by atoms with Gasteiger partial charge in [0.1, 0.15) is 0 Å². The number of fused-ring (bicyclic) bond motifs is 8. The summed E-state index contributed by atoms with van der Waals surface area (Å²) in [6.07, 6.45) is 5.28. The van der Waals surface area contributed by atoms with Gasteiger partial charge in [0.2, 0.25) is 0 Å². The first kappa shape index (κ1) is 36.6. The summed E-state index contributed by atoms with van der Waals surface area (Å²) in [5, 5.41) is 0. The third-order valence-corrected chi connectivity index (χ3v) is 14.4. The molecule has 2 saturated carbocycles. The van der Waals surface area contributed by atoms with Crippen molar-refractivity contribution >= 4 is 17.1 Å². The molecule has 12 rings (SSSR count). The summed E-state index contributed by atoms with van der Waals surface area (Å²) in [6, 6.07) is 83.3. The van der Waals surface area contributed by atoms with E-state index >= 15 is 0 Å². The maximum absolute atomic E-state index is 2.60. The van der Waals surface area contributed by atoms with E-state index in [1.54, 1.807) is 5.56 Å². The Labute approximate surface area is 365 Å². The fourth-order valence-electron chi connectivity index (χ4n) is 11.7. The van der Waals surface area contributed by atoms with Crippen LogP contribution in [0.2, 0.25) is 0 Å². The van der Waals surface area contributed by atoms with Crippen molar-refractivity contribution in [3.05, 3.63) is 236 Å². The molecule has 1 heteroatoms. The summed E-state index contributed by atoms with van der Waals surface area (Å²) in [4.78, 5) is 2.57. The minimum Gasteiger partial charge on any atom is -0.309 e. The van der Waals surface area contributed by atoms with Gasteiger partial charge in [-0.2, -0.15) is 0 Å². The Kier molecular flexibility index (Phi) is 8.89. The van der Waals surface area contributed by atoms with Crippen LogP contribution in [-0.4, -0.2) is 0 Å². The standard InChI is InChI=1S/C61H47N/c1-3-17-43(18-4-1)44-32-34-46(35-33-44)50-22-12-15-29-59(50)62(48-37-38-55-54-26-11-14-28-57(54)61(58(55)40-48)41-42-31-36-47(61)39-42)60-30-16-13-27-56(60)53-25-10-9-24-52(53)51-23-8-7-21-49(51)45-19-5-2-6-20-45/h1-30,32-35,37-38,40,42,47H,31,36,39,41H2. The van der Waals surface area contributed by atoms with Gasteiger partial charge in [-0.15, -0.1) is 0 Å². The van der Waals surface area contributed by atoms with E-state index in [2.05, 4.69) is 229 Å². The monoisotopic (exact) mass is 793 g/mol. The summed E-state index contributed by atoms with van der Waals surface area (Å²) in [6.45, 7) is 0. The molecule has 3 aliphatic carbocycles. The molecule has 9 aromatic carbocycles. The van der Waals surface area contributed by atoms with Gasteiger partial charge in [0.15, 0.2) is 0 Å². The van der Waals surface area contributed by atoms with E-state index in [-0.39, 0.29) is 5.41 Å². The smallest absolute Gasteiger partial charge is 0.0540 e. The lowest BCUT2D eigenvalue weighted by Gasteiger charge is -2.37. The number of nitrogens with zero attached hydrogens (tertiary/aromatic N) is 1. The Morgan fingerprint density at radius 2 is 0.806 bits per heavy atom. The molecule has 3 atom stereocenters. The highest BCUT2D eigenvalue weighted by atomic mass is 15.1. The molecule has 9 aromatic rings. The highest BCUT2D eigenvalue weighted by molar-refractivity contribution is 5.99. The highest BCUT2D eigenvalue weighted by Crippen LogP contribution is 2.66. The van der Waals surface area contributed by atoms with Gasteiger partial charge in [0, 0.05) is 22.2 Å². The molecular weight excluding hydrogens is 747 g/mol. The largest absolute Gasteiger partial charge is 0.309 e. The maximum Gasteiger partial charge on any atom is 0.0540 e. The molecular formula is C61H47N. The zero-order valence-corrected chi connectivity index (χ0v) is 34.8. The summed E-state index contributed by atoms with van der Waals surface area (Å²) < 4.78 is 0. The molecule has 1 spiro atoms. The van der Waals surface area contributed by atoms with Crippen molar-refractivity contribution in [1.29, 1.82) is 0 Å². The Bertz CT molecular complexity index is 3090. The van der Waals surface area contributed by atoms with Gasteiger partial charge in [-0.1, -0.05) is 207 Å². The quantitative estimate of drug-likeness (QED) is 0.148. The Hall–Kier alpha value is -7.22. The van der Waals surface area contributed by atoms with Crippen molar-refractivity contribution in [3.8, 4) is 66.8 Å². The van der Waals surface area contributed by atoms with E-state index in [0.717, 1.165) is 17.3 Å². The summed E-state index contributed by atoms with van der Waals surface area (Å²) in [5.41, 5.74) is 21.6. The average molecular weight is 794 g/mol. The second-order valence-electron chi connectivity index (χ2n) is 17.6. The minimum atomic E-state index is 0.0660. The summed E-state index contributed by atoms with van der Waals surface area (Å²) >= 11 is 0. The molecule has 0 heterocycles. The molecule has 296 valence electrons. The molecule has 1 nitrogen and oxygen atoms in total. The topological polar surface area (TPSA) is 3.24 Å². The predicted molar refractivity (Wildman–Crippen MR) is 260 cm³/mol. The fourth-order valence-corrected chi connectivity index (χ4v) is 11.7. The Morgan fingerprint density at radius 1 is 0.339 bits per heavy atom.